The van der Waals surface area contributed by atoms with Crippen molar-refractivity contribution in [1.29, 1.82) is 0 Å². The van der Waals surface area contributed by atoms with Crippen molar-refractivity contribution in [3.63, 3.8) is 0 Å². The Bertz CT molecular complexity index is 1240. The third kappa shape index (κ3) is 2.02. The first-order chi connectivity index (χ1) is 12.8. The van der Waals surface area contributed by atoms with Crippen molar-refractivity contribution in [3.05, 3.63) is 89.2 Å². The highest BCUT2D eigenvalue weighted by molar-refractivity contribution is 6.16. The summed E-state index contributed by atoms with van der Waals surface area (Å²) in [5, 5.41) is 5.97. The van der Waals surface area contributed by atoms with Gasteiger partial charge in [0.25, 0.3) is 0 Å². The fourth-order valence-corrected chi connectivity index (χ4v) is 4.05. The molecule has 2 aliphatic rings. The van der Waals surface area contributed by atoms with Gasteiger partial charge in [0.2, 0.25) is 0 Å². The van der Waals surface area contributed by atoms with Gasteiger partial charge in [-0.2, -0.15) is 0 Å². The topological polar surface area (TPSA) is 26.3 Å². The van der Waals surface area contributed by atoms with Gasteiger partial charge < -0.3 is 4.74 Å². The van der Waals surface area contributed by atoms with Crippen LogP contribution < -0.4 is 5.22 Å². The Morgan fingerprint density at radius 1 is 1.04 bits per heavy atom. The number of carbonyl (C=O) groups excluding carboxylic acids is 1. The van der Waals surface area contributed by atoms with Gasteiger partial charge in [-0.1, -0.05) is 73.4 Å². The van der Waals surface area contributed by atoms with Gasteiger partial charge in [0, 0.05) is 11.6 Å². The second kappa shape index (κ2) is 5.57. The molecule has 1 unspecified atom stereocenters. The molecule has 0 saturated heterocycles. The minimum atomic E-state index is -0.423. The smallest absolute Gasteiger partial charge is 0.331 e. The molecular formula is C24H16O2. The molecule has 0 amide bonds. The molecule has 0 bridgehead atoms. The molecule has 0 radical (unpaired) electrons. The number of hydrogen-bond acceptors (Lipinski definition) is 2. The molecule has 3 aromatic carbocycles. The summed E-state index contributed by atoms with van der Waals surface area (Å²) in [6.07, 6.45) is 15.1. The number of fused-ring (bicyclic) bond motifs is 3. The largest absolute Gasteiger partial charge is 0.450 e. The van der Waals surface area contributed by atoms with Crippen molar-refractivity contribution in [2.24, 2.45) is 0 Å². The number of esters is 1. The highest BCUT2D eigenvalue weighted by Crippen LogP contribution is 2.41. The van der Waals surface area contributed by atoms with E-state index in [2.05, 4.69) is 55.1 Å². The predicted octanol–water partition coefficient (Wildman–Crippen LogP) is 4.87. The average molecular weight is 336 g/mol. The molecule has 26 heavy (non-hydrogen) atoms. The van der Waals surface area contributed by atoms with E-state index >= 15 is 0 Å². The predicted molar refractivity (Wildman–Crippen MR) is 107 cm³/mol. The van der Waals surface area contributed by atoms with Gasteiger partial charge >= 0.3 is 5.97 Å². The Labute approximate surface area is 151 Å². The van der Waals surface area contributed by atoms with Crippen LogP contribution in [0, 0.1) is 0 Å². The second-order valence-corrected chi connectivity index (χ2v) is 6.51. The maximum atomic E-state index is 11.9. The van der Waals surface area contributed by atoms with Crippen LogP contribution in [0.5, 0.6) is 0 Å². The average Bonchev–Trinajstić information content (AvgIpc) is 2.93. The van der Waals surface area contributed by atoms with Crippen LogP contribution in [0.15, 0.2) is 67.3 Å². The van der Waals surface area contributed by atoms with E-state index in [4.69, 9.17) is 4.74 Å². The first-order valence-electron chi connectivity index (χ1n) is 8.65. The Hall–Kier alpha value is -3.39. The summed E-state index contributed by atoms with van der Waals surface area (Å²) in [5.74, 6) is -0.413. The van der Waals surface area contributed by atoms with Crippen LogP contribution in [-0.2, 0) is 9.53 Å². The Morgan fingerprint density at radius 3 is 2.85 bits per heavy atom. The summed E-state index contributed by atoms with van der Waals surface area (Å²) in [6.45, 7) is 3.53. The molecule has 124 valence electrons. The van der Waals surface area contributed by atoms with E-state index in [0.29, 0.717) is 0 Å². The van der Waals surface area contributed by atoms with Crippen molar-refractivity contribution in [2.45, 2.75) is 6.10 Å². The molecule has 0 saturated carbocycles. The molecule has 2 heteroatoms. The third-order valence-corrected chi connectivity index (χ3v) is 5.11. The highest BCUT2D eigenvalue weighted by atomic mass is 16.5. The summed E-state index contributed by atoms with van der Waals surface area (Å²) in [7, 11) is 0. The van der Waals surface area contributed by atoms with Crippen molar-refractivity contribution >= 4 is 45.7 Å². The minimum absolute atomic E-state index is 0.413. The van der Waals surface area contributed by atoms with Crippen LogP contribution in [0.2, 0.25) is 0 Å². The van der Waals surface area contributed by atoms with E-state index in [-0.39, 0.29) is 0 Å². The zero-order valence-electron chi connectivity index (χ0n) is 14.1. The first-order valence-corrected chi connectivity index (χ1v) is 8.65. The van der Waals surface area contributed by atoms with Crippen molar-refractivity contribution in [1.82, 2.24) is 0 Å². The van der Waals surface area contributed by atoms with Crippen LogP contribution >= 0.6 is 0 Å². The van der Waals surface area contributed by atoms with Gasteiger partial charge in [-0.15, -0.1) is 0 Å². The minimum Gasteiger partial charge on any atom is -0.450 e. The molecule has 0 aliphatic heterocycles. The van der Waals surface area contributed by atoms with Crippen LogP contribution in [0.25, 0.3) is 39.8 Å². The standard InChI is InChI=1S/C24H16O2/c1-2-21(25)26-20-14-13-16-12-11-15-7-6-10-18-17-8-4-3-5-9-19(17)24(20)23(16)22(15)18/h2-14,20H,1H2. The van der Waals surface area contributed by atoms with Gasteiger partial charge in [0.05, 0.1) is 0 Å². The Kier molecular flexibility index (Phi) is 3.19. The maximum Gasteiger partial charge on any atom is 0.331 e. The molecule has 0 heterocycles. The van der Waals surface area contributed by atoms with Gasteiger partial charge in [-0.25, -0.2) is 4.79 Å². The lowest BCUT2D eigenvalue weighted by Crippen LogP contribution is -2.18. The molecule has 2 nitrogen and oxygen atoms in total. The molecular weight excluding hydrogens is 320 g/mol. The lowest BCUT2D eigenvalue weighted by molar-refractivity contribution is -0.141. The number of benzene rings is 3. The number of ether oxygens (including phenoxy) is 1. The molecule has 3 aromatic rings. The van der Waals surface area contributed by atoms with E-state index in [1.165, 1.54) is 27.6 Å². The lowest BCUT2D eigenvalue weighted by atomic mass is 9.83. The van der Waals surface area contributed by atoms with Crippen LogP contribution in [-0.4, -0.2) is 5.97 Å². The van der Waals surface area contributed by atoms with Crippen LogP contribution in [0.3, 0.4) is 0 Å². The summed E-state index contributed by atoms with van der Waals surface area (Å²) < 4.78 is 5.69. The molecule has 0 N–H and O–H groups in total. The highest BCUT2D eigenvalue weighted by Gasteiger charge is 2.26. The van der Waals surface area contributed by atoms with Crippen LogP contribution in [0.1, 0.15) is 22.8 Å². The molecule has 1 atom stereocenters. The summed E-state index contributed by atoms with van der Waals surface area (Å²) >= 11 is 0. The van der Waals surface area contributed by atoms with E-state index in [1.54, 1.807) is 0 Å². The molecule has 2 aliphatic carbocycles. The number of rotatable bonds is 2. The van der Waals surface area contributed by atoms with E-state index in [9.17, 15) is 4.79 Å². The van der Waals surface area contributed by atoms with E-state index in [1.807, 2.05) is 24.3 Å². The monoisotopic (exact) mass is 336 g/mol. The summed E-state index contributed by atoms with van der Waals surface area (Å²) in [4.78, 5) is 11.9. The number of hydrogen-bond donors (Lipinski definition) is 0. The third-order valence-electron chi connectivity index (χ3n) is 5.11. The van der Waals surface area contributed by atoms with Gasteiger partial charge in [-0.05, 0) is 44.0 Å². The molecule has 0 aromatic heterocycles. The van der Waals surface area contributed by atoms with Crippen molar-refractivity contribution in [2.75, 3.05) is 0 Å². The Morgan fingerprint density at radius 2 is 1.96 bits per heavy atom. The van der Waals surface area contributed by atoms with Gasteiger partial charge in [0.15, 0.2) is 0 Å². The van der Waals surface area contributed by atoms with Gasteiger partial charge in [-0.3, -0.25) is 0 Å². The second-order valence-electron chi connectivity index (χ2n) is 6.51. The number of allylic oxidation sites excluding steroid dienone is 3. The molecule has 0 spiro atoms. The van der Waals surface area contributed by atoms with E-state index < -0.39 is 12.1 Å². The zero-order chi connectivity index (χ0) is 17.7. The van der Waals surface area contributed by atoms with Crippen molar-refractivity contribution < 1.29 is 9.53 Å². The summed E-state index contributed by atoms with van der Waals surface area (Å²) in [6, 6.07) is 10.7. The fourth-order valence-electron chi connectivity index (χ4n) is 4.05. The summed E-state index contributed by atoms with van der Waals surface area (Å²) in [5.41, 5.74) is 3.31. The zero-order valence-corrected chi connectivity index (χ0v) is 14.1. The lowest BCUT2D eigenvalue weighted by Gasteiger charge is -2.25. The maximum absolute atomic E-state index is 11.9. The van der Waals surface area contributed by atoms with Crippen molar-refractivity contribution in [3.8, 4) is 0 Å². The number of carbonyl (C=O) groups is 1. The normalized spacial score (nSPS) is 17.0. The van der Waals surface area contributed by atoms with E-state index in [0.717, 1.165) is 21.9 Å². The van der Waals surface area contributed by atoms with Gasteiger partial charge in [0.1, 0.15) is 6.10 Å². The SMILES string of the molecule is C=CC(=O)OC1C=Cc2ccc3cccc4c5c(c1c2c34)C=CC=CC=5. The first kappa shape index (κ1) is 14.9. The Balaban J connectivity index is 1.99. The fraction of sp³-hybridized carbons (Fsp3) is 0.0417. The molecule has 0 fully saturated rings. The quantitative estimate of drug-likeness (QED) is 0.493. The molecule has 5 rings (SSSR count). The van der Waals surface area contributed by atoms with Crippen LogP contribution in [0.4, 0.5) is 0 Å².